The second-order valence-corrected chi connectivity index (χ2v) is 7.73. The van der Waals surface area contributed by atoms with Crippen molar-refractivity contribution in [2.45, 2.75) is 31.3 Å². The van der Waals surface area contributed by atoms with Crippen molar-refractivity contribution >= 4 is 17.7 Å². The van der Waals surface area contributed by atoms with E-state index in [9.17, 15) is 4.79 Å². The van der Waals surface area contributed by atoms with E-state index in [1.807, 2.05) is 29.0 Å². The van der Waals surface area contributed by atoms with Gasteiger partial charge in [-0.1, -0.05) is 41.2 Å². The van der Waals surface area contributed by atoms with Gasteiger partial charge in [0.2, 0.25) is 5.89 Å². The molecule has 8 heteroatoms. The highest BCUT2D eigenvalue weighted by Gasteiger charge is 2.12. The Morgan fingerprint density at radius 2 is 1.97 bits per heavy atom. The molecule has 0 saturated heterocycles. The molecule has 0 aliphatic heterocycles. The van der Waals surface area contributed by atoms with Crippen LogP contribution in [0.25, 0.3) is 5.69 Å². The monoisotopic (exact) mass is 419 g/mol. The van der Waals surface area contributed by atoms with Gasteiger partial charge in [-0.3, -0.25) is 9.36 Å². The van der Waals surface area contributed by atoms with E-state index in [4.69, 9.17) is 4.52 Å². The normalized spacial score (nSPS) is 10.9. The number of amides is 1. The summed E-state index contributed by atoms with van der Waals surface area (Å²) in [6.07, 6.45) is 3.71. The van der Waals surface area contributed by atoms with Crippen molar-refractivity contribution in [3.8, 4) is 5.69 Å². The number of benzene rings is 2. The van der Waals surface area contributed by atoms with Crippen LogP contribution in [0, 0.1) is 13.8 Å². The summed E-state index contributed by atoms with van der Waals surface area (Å²) in [5.41, 5.74) is 4.14. The first-order valence-electron chi connectivity index (χ1n) is 9.48. The standard InChI is InChI=1S/C22H21N5O2S/c1-15-8-9-18(12-16(15)2)27-11-10-23-22(27)30-14-20-25-19(26-29-20)13-24-21(28)17-6-4-3-5-7-17/h3-12H,13-14H2,1-2H3,(H,24,28). The second kappa shape index (κ2) is 8.96. The molecule has 0 aliphatic rings. The molecule has 1 amide bonds. The highest BCUT2D eigenvalue weighted by Crippen LogP contribution is 2.24. The summed E-state index contributed by atoms with van der Waals surface area (Å²) in [6, 6.07) is 15.3. The number of thioether (sulfide) groups is 1. The van der Waals surface area contributed by atoms with E-state index in [2.05, 4.69) is 52.5 Å². The maximum atomic E-state index is 12.1. The molecule has 0 radical (unpaired) electrons. The van der Waals surface area contributed by atoms with E-state index >= 15 is 0 Å². The van der Waals surface area contributed by atoms with E-state index < -0.39 is 0 Å². The van der Waals surface area contributed by atoms with E-state index in [1.165, 1.54) is 22.9 Å². The molecule has 0 aliphatic carbocycles. The van der Waals surface area contributed by atoms with Gasteiger partial charge in [0, 0.05) is 23.6 Å². The Kier molecular flexibility index (Phi) is 5.94. The molecule has 0 saturated carbocycles. The number of imidazole rings is 1. The van der Waals surface area contributed by atoms with Crippen LogP contribution in [0.5, 0.6) is 0 Å². The first kappa shape index (κ1) is 19.9. The molecule has 0 unspecified atom stereocenters. The van der Waals surface area contributed by atoms with Crippen molar-refractivity contribution in [1.29, 1.82) is 0 Å². The van der Waals surface area contributed by atoms with Gasteiger partial charge in [-0.15, -0.1) is 0 Å². The fraction of sp³-hybridized carbons (Fsp3) is 0.182. The van der Waals surface area contributed by atoms with Gasteiger partial charge in [-0.2, -0.15) is 4.98 Å². The van der Waals surface area contributed by atoms with E-state index in [-0.39, 0.29) is 12.5 Å². The van der Waals surface area contributed by atoms with Crippen LogP contribution in [-0.4, -0.2) is 25.6 Å². The Balaban J connectivity index is 1.36. The molecular formula is C22H21N5O2S. The lowest BCUT2D eigenvalue weighted by atomic mass is 10.1. The minimum atomic E-state index is -0.174. The third-order valence-corrected chi connectivity index (χ3v) is 5.60. The minimum Gasteiger partial charge on any atom is -0.345 e. The average molecular weight is 420 g/mol. The van der Waals surface area contributed by atoms with Crippen molar-refractivity contribution in [2.24, 2.45) is 0 Å². The summed E-state index contributed by atoms with van der Waals surface area (Å²) in [6.45, 7) is 4.40. The molecule has 2 aromatic carbocycles. The van der Waals surface area contributed by atoms with Crippen LogP contribution in [0.1, 0.15) is 33.2 Å². The number of carbonyl (C=O) groups is 1. The average Bonchev–Trinajstić information content (AvgIpc) is 3.42. The van der Waals surface area contributed by atoms with Gasteiger partial charge in [0.15, 0.2) is 11.0 Å². The zero-order valence-electron chi connectivity index (χ0n) is 16.7. The quantitative estimate of drug-likeness (QED) is 0.454. The Hall–Kier alpha value is -3.39. The third kappa shape index (κ3) is 4.60. The van der Waals surface area contributed by atoms with Crippen molar-refractivity contribution in [1.82, 2.24) is 25.0 Å². The summed E-state index contributed by atoms with van der Waals surface area (Å²) in [5, 5.41) is 7.58. The lowest BCUT2D eigenvalue weighted by Crippen LogP contribution is -2.23. The van der Waals surface area contributed by atoms with Crippen LogP contribution < -0.4 is 5.32 Å². The molecule has 30 heavy (non-hydrogen) atoms. The fourth-order valence-corrected chi connectivity index (χ4v) is 3.68. The first-order chi connectivity index (χ1) is 14.6. The number of aromatic nitrogens is 4. The molecule has 1 N–H and O–H groups in total. The smallest absolute Gasteiger partial charge is 0.251 e. The number of aryl methyl sites for hydroxylation is 2. The van der Waals surface area contributed by atoms with Gasteiger partial charge < -0.3 is 9.84 Å². The molecule has 0 bridgehead atoms. The Labute approximate surface area is 178 Å². The van der Waals surface area contributed by atoms with E-state index in [0.29, 0.717) is 23.0 Å². The van der Waals surface area contributed by atoms with Crippen molar-refractivity contribution in [2.75, 3.05) is 0 Å². The molecule has 4 aromatic rings. The van der Waals surface area contributed by atoms with Crippen molar-refractivity contribution in [3.05, 3.63) is 89.3 Å². The van der Waals surface area contributed by atoms with E-state index in [1.54, 1.807) is 18.3 Å². The number of rotatable bonds is 7. The zero-order chi connectivity index (χ0) is 20.9. The van der Waals surface area contributed by atoms with Crippen LogP contribution in [0.2, 0.25) is 0 Å². The lowest BCUT2D eigenvalue weighted by molar-refractivity contribution is 0.0949. The summed E-state index contributed by atoms with van der Waals surface area (Å²) in [5.74, 6) is 1.24. The van der Waals surface area contributed by atoms with Crippen LogP contribution in [-0.2, 0) is 12.3 Å². The Morgan fingerprint density at radius 1 is 1.13 bits per heavy atom. The summed E-state index contributed by atoms with van der Waals surface area (Å²) in [4.78, 5) is 20.9. The molecular weight excluding hydrogens is 398 g/mol. The molecule has 0 fully saturated rings. The van der Waals surface area contributed by atoms with Crippen molar-refractivity contribution < 1.29 is 9.32 Å². The minimum absolute atomic E-state index is 0.174. The largest absolute Gasteiger partial charge is 0.345 e. The predicted octanol–water partition coefficient (Wildman–Crippen LogP) is 4.09. The maximum Gasteiger partial charge on any atom is 0.251 e. The lowest BCUT2D eigenvalue weighted by Gasteiger charge is -2.09. The molecule has 7 nitrogen and oxygen atoms in total. The molecule has 0 spiro atoms. The molecule has 152 valence electrons. The van der Waals surface area contributed by atoms with Gasteiger partial charge in [-0.25, -0.2) is 4.98 Å². The highest BCUT2D eigenvalue weighted by molar-refractivity contribution is 7.98. The number of nitrogens with one attached hydrogen (secondary N) is 1. The molecule has 2 aromatic heterocycles. The zero-order valence-corrected chi connectivity index (χ0v) is 17.5. The van der Waals surface area contributed by atoms with Gasteiger partial charge >= 0.3 is 0 Å². The van der Waals surface area contributed by atoms with Gasteiger partial charge in [-0.05, 0) is 49.2 Å². The van der Waals surface area contributed by atoms with Crippen LogP contribution in [0.3, 0.4) is 0 Å². The maximum absolute atomic E-state index is 12.1. The SMILES string of the molecule is Cc1ccc(-n2ccnc2SCc2nc(CNC(=O)c3ccccc3)no2)cc1C. The Bertz CT molecular complexity index is 1150. The van der Waals surface area contributed by atoms with Crippen LogP contribution in [0.4, 0.5) is 0 Å². The topological polar surface area (TPSA) is 85.8 Å². The molecule has 4 rings (SSSR count). The van der Waals surface area contributed by atoms with Crippen molar-refractivity contribution in [3.63, 3.8) is 0 Å². The van der Waals surface area contributed by atoms with Crippen LogP contribution >= 0.6 is 11.8 Å². The third-order valence-electron chi connectivity index (χ3n) is 4.65. The summed E-state index contributed by atoms with van der Waals surface area (Å²) >= 11 is 1.51. The number of carbonyl (C=O) groups excluding carboxylic acids is 1. The number of nitrogens with zero attached hydrogens (tertiary/aromatic N) is 4. The van der Waals surface area contributed by atoms with Gasteiger partial charge in [0.05, 0.1) is 12.3 Å². The highest BCUT2D eigenvalue weighted by atomic mass is 32.2. The fourth-order valence-electron chi connectivity index (χ4n) is 2.87. The first-order valence-corrected chi connectivity index (χ1v) is 10.5. The van der Waals surface area contributed by atoms with Gasteiger partial charge in [0.25, 0.3) is 5.91 Å². The molecule has 0 atom stereocenters. The summed E-state index contributed by atoms with van der Waals surface area (Å²) in [7, 11) is 0. The van der Waals surface area contributed by atoms with E-state index in [0.717, 1.165) is 10.8 Å². The number of hydrogen-bond donors (Lipinski definition) is 1. The second-order valence-electron chi connectivity index (χ2n) is 6.79. The van der Waals surface area contributed by atoms with Gasteiger partial charge in [0.1, 0.15) is 0 Å². The Morgan fingerprint density at radius 3 is 2.77 bits per heavy atom. The summed E-state index contributed by atoms with van der Waals surface area (Å²) < 4.78 is 7.35. The number of hydrogen-bond acceptors (Lipinski definition) is 6. The van der Waals surface area contributed by atoms with Crippen LogP contribution in [0.15, 0.2) is 70.6 Å². The predicted molar refractivity (Wildman–Crippen MR) is 115 cm³/mol. The molecule has 2 heterocycles.